The van der Waals surface area contributed by atoms with Gasteiger partial charge < -0.3 is 14.7 Å². The van der Waals surface area contributed by atoms with Crippen LogP contribution < -0.4 is 0 Å². The van der Waals surface area contributed by atoms with Crippen molar-refractivity contribution in [1.82, 2.24) is 4.90 Å². The molecule has 1 aliphatic carbocycles. The molecule has 1 rings (SSSR count). The normalized spacial score (nSPS) is 25.8. The van der Waals surface area contributed by atoms with Gasteiger partial charge in [-0.1, -0.05) is 12.8 Å². The Morgan fingerprint density at radius 1 is 1.44 bits per heavy atom. The van der Waals surface area contributed by atoms with E-state index in [1.165, 1.54) is 13.5 Å². The summed E-state index contributed by atoms with van der Waals surface area (Å²) in [5, 5.41) is 9.82. The van der Waals surface area contributed by atoms with Crippen LogP contribution in [0.2, 0.25) is 0 Å². The average Bonchev–Trinajstić information content (AvgIpc) is 2.29. The third-order valence-corrected chi connectivity index (χ3v) is 3.34. The Morgan fingerprint density at radius 2 is 2.12 bits per heavy atom. The van der Waals surface area contributed by atoms with Crippen molar-refractivity contribution < 1.29 is 14.6 Å². The largest absolute Gasteiger partial charge is 0.469 e. The van der Waals surface area contributed by atoms with Gasteiger partial charge in [0.15, 0.2) is 0 Å². The van der Waals surface area contributed by atoms with Gasteiger partial charge in [0.1, 0.15) is 0 Å². The number of rotatable bonds is 5. The maximum atomic E-state index is 11.0. The van der Waals surface area contributed by atoms with E-state index in [2.05, 4.69) is 9.64 Å². The van der Waals surface area contributed by atoms with Crippen LogP contribution in [0.25, 0.3) is 0 Å². The van der Waals surface area contributed by atoms with Crippen LogP contribution >= 0.6 is 0 Å². The number of aliphatic hydroxyl groups excluding tert-OH is 1. The fourth-order valence-electron chi connectivity index (χ4n) is 2.28. The number of hydrogen-bond donors (Lipinski definition) is 1. The number of methoxy groups -OCH3 is 1. The Labute approximate surface area is 97.6 Å². The van der Waals surface area contributed by atoms with E-state index >= 15 is 0 Å². The fraction of sp³-hybridized carbons (Fsp3) is 0.917. The lowest BCUT2D eigenvalue weighted by atomic mass is 9.86. The standard InChI is InChI=1S/C12H23NO3/c1-13(8-7-12(15)16-2)9-10-5-3-4-6-11(10)14/h10-11,14H,3-9H2,1-2H3. The predicted molar refractivity (Wildman–Crippen MR) is 62.1 cm³/mol. The van der Waals surface area contributed by atoms with E-state index in [1.54, 1.807) is 0 Å². The molecule has 0 aromatic carbocycles. The second-order valence-electron chi connectivity index (χ2n) is 4.70. The van der Waals surface area contributed by atoms with Crippen LogP contribution in [0.5, 0.6) is 0 Å². The maximum Gasteiger partial charge on any atom is 0.306 e. The molecule has 4 heteroatoms. The molecule has 0 saturated heterocycles. The van der Waals surface area contributed by atoms with Gasteiger partial charge in [-0.15, -0.1) is 0 Å². The number of ether oxygens (including phenoxy) is 1. The van der Waals surface area contributed by atoms with Crippen LogP contribution in [0.15, 0.2) is 0 Å². The Hall–Kier alpha value is -0.610. The molecular formula is C12H23NO3. The van der Waals surface area contributed by atoms with Crippen molar-refractivity contribution in [2.45, 2.75) is 38.2 Å². The smallest absolute Gasteiger partial charge is 0.306 e. The highest BCUT2D eigenvalue weighted by molar-refractivity contribution is 5.69. The molecule has 16 heavy (non-hydrogen) atoms. The number of nitrogens with zero attached hydrogens (tertiary/aromatic N) is 1. The van der Waals surface area contributed by atoms with Gasteiger partial charge in [0.2, 0.25) is 0 Å². The van der Waals surface area contributed by atoms with Crippen molar-refractivity contribution in [3.63, 3.8) is 0 Å². The van der Waals surface area contributed by atoms with E-state index in [1.807, 2.05) is 7.05 Å². The summed E-state index contributed by atoms with van der Waals surface area (Å²) in [6.45, 7) is 1.58. The van der Waals surface area contributed by atoms with Crippen LogP contribution in [0.3, 0.4) is 0 Å². The number of esters is 1. The summed E-state index contributed by atoms with van der Waals surface area (Å²) >= 11 is 0. The number of aliphatic hydroxyl groups is 1. The van der Waals surface area contributed by atoms with Gasteiger partial charge in [0, 0.05) is 13.1 Å². The van der Waals surface area contributed by atoms with Crippen molar-refractivity contribution in [2.24, 2.45) is 5.92 Å². The average molecular weight is 229 g/mol. The molecule has 2 unspecified atom stereocenters. The lowest BCUT2D eigenvalue weighted by molar-refractivity contribution is -0.140. The fourth-order valence-corrected chi connectivity index (χ4v) is 2.28. The second-order valence-corrected chi connectivity index (χ2v) is 4.70. The Balaban J connectivity index is 2.21. The number of carbonyl (C=O) groups is 1. The summed E-state index contributed by atoms with van der Waals surface area (Å²) in [6, 6.07) is 0. The molecule has 0 radical (unpaired) electrons. The first-order chi connectivity index (χ1) is 7.63. The third kappa shape index (κ3) is 4.49. The number of hydrogen-bond acceptors (Lipinski definition) is 4. The minimum Gasteiger partial charge on any atom is -0.469 e. The van der Waals surface area contributed by atoms with E-state index in [4.69, 9.17) is 0 Å². The molecule has 94 valence electrons. The summed E-state index contributed by atoms with van der Waals surface area (Å²) in [6.07, 6.45) is 4.65. The van der Waals surface area contributed by atoms with Gasteiger partial charge in [0.25, 0.3) is 0 Å². The summed E-state index contributed by atoms with van der Waals surface area (Å²) in [4.78, 5) is 13.1. The van der Waals surface area contributed by atoms with Crippen LogP contribution in [-0.2, 0) is 9.53 Å². The molecule has 0 aliphatic heterocycles. The van der Waals surface area contributed by atoms with Crippen molar-refractivity contribution in [2.75, 3.05) is 27.2 Å². The maximum absolute atomic E-state index is 11.0. The molecule has 0 aromatic heterocycles. The molecule has 1 aliphatic rings. The molecule has 0 spiro atoms. The molecule has 4 nitrogen and oxygen atoms in total. The first-order valence-electron chi connectivity index (χ1n) is 6.07. The molecule has 0 bridgehead atoms. The van der Waals surface area contributed by atoms with Crippen molar-refractivity contribution in [3.8, 4) is 0 Å². The highest BCUT2D eigenvalue weighted by Crippen LogP contribution is 2.24. The van der Waals surface area contributed by atoms with Crippen molar-refractivity contribution in [1.29, 1.82) is 0 Å². The van der Waals surface area contributed by atoms with Gasteiger partial charge in [-0.25, -0.2) is 0 Å². The zero-order valence-corrected chi connectivity index (χ0v) is 10.3. The molecule has 1 N–H and O–H groups in total. The van der Waals surface area contributed by atoms with E-state index in [0.717, 1.165) is 25.8 Å². The SMILES string of the molecule is COC(=O)CCN(C)CC1CCCCC1O. The van der Waals surface area contributed by atoms with Crippen LogP contribution in [0.4, 0.5) is 0 Å². The summed E-state index contributed by atoms with van der Waals surface area (Å²) in [7, 11) is 3.40. The molecular weight excluding hydrogens is 206 g/mol. The molecule has 2 atom stereocenters. The minimum atomic E-state index is -0.170. The minimum absolute atomic E-state index is 0.158. The van der Waals surface area contributed by atoms with Gasteiger partial charge >= 0.3 is 5.97 Å². The zero-order valence-electron chi connectivity index (χ0n) is 10.3. The van der Waals surface area contributed by atoms with E-state index < -0.39 is 0 Å². The predicted octanol–water partition coefficient (Wildman–Crippen LogP) is 1.03. The first-order valence-corrected chi connectivity index (χ1v) is 6.07. The van der Waals surface area contributed by atoms with Gasteiger partial charge in [-0.2, -0.15) is 0 Å². The second kappa shape index (κ2) is 6.86. The van der Waals surface area contributed by atoms with Crippen LogP contribution in [0.1, 0.15) is 32.1 Å². The van der Waals surface area contributed by atoms with Crippen LogP contribution in [-0.4, -0.2) is 49.3 Å². The molecule has 0 heterocycles. The summed E-state index contributed by atoms with van der Waals surface area (Å²) < 4.78 is 4.60. The van der Waals surface area contributed by atoms with E-state index in [-0.39, 0.29) is 12.1 Å². The van der Waals surface area contributed by atoms with Gasteiger partial charge in [-0.3, -0.25) is 4.79 Å². The topological polar surface area (TPSA) is 49.8 Å². The Kier molecular flexibility index (Phi) is 5.77. The zero-order chi connectivity index (χ0) is 12.0. The Morgan fingerprint density at radius 3 is 2.75 bits per heavy atom. The molecule has 0 aromatic rings. The highest BCUT2D eigenvalue weighted by atomic mass is 16.5. The van der Waals surface area contributed by atoms with E-state index in [9.17, 15) is 9.90 Å². The quantitative estimate of drug-likeness (QED) is 0.715. The molecule has 0 amide bonds. The Bertz CT molecular complexity index is 220. The van der Waals surface area contributed by atoms with Gasteiger partial charge in [-0.05, 0) is 25.8 Å². The van der Waals surface area contributed by atoms with Crippen LogP contribution in [0, 0.1) is 5.92 Å². The van der Waals surface area contributed by atoms with Crippen molar-refractivity contribution >= 4 is 5.97 Å². The van der Waals surface area contributed by atoms with E-state index in [0.29, 0.717) is 18.9 Å². The molecule has 1 saturated carbocycles. The summed E-state index contributed by atoms with van der Waals surface area (Å²) in [5.41, 5.74) is 0. The third-order valence-electron chi connectivity index (χ3n) is 3.34. The highest BCUT2D eigenvalue weighted by Gasteiger charge is 2.24. The molecule has 1 fully saturated rings. The lowest BCUT2D eigenvalue weighted by Gasteiger charge is -2.31. The first kappa shape index (κ1) is 13.5. The lowest BCUT2D eigenvalue weighted by Crippen LogP contribution is -2.35. The van der Waals surface area contributed by atoms with Gasteiger partial charge in [0.05, 0.1) is 19.6 Å². The monoisotopic (exact) mass is 229 g/mol. The summed E-state index contributed by atoms with van der Waals surface area (Å²) in [5.74, 6) is 0.201. The van der Waals surface area contributed by atoms with Crippen molar-refractivity contribution in [3.05, 3.63) is 0 Å². The number of carbonyl (C=O) groups excluding carboxylic acids is 1.